The van der Waals surface area contributed by atoms with Crippen LogP contribution in [-0.4, -0.2) is 36.8 Å². The zero-order valence-electron chi connectivity index (χ0n) is 19.6. The third kappa shape index (κ3) is 5.15. The fourth-order valence-electron chi connectivity index (χ4n) is 3.88. The minimum atomic E-state index is -4.86. The molecule has 2 heterocycles. The molecule has 1 aromatic carbocycles. The molecule has 1 aliphatic carbocycles. The van der Waals surface area contributed by atoms with E-state index < -0.39 is 44.5 Å². The molecule has 1 atom stereocenters. The number of carbonyl (C=O) groups excluding carboxylic acids is 1. The number of ether oxygens (including phenoxy) is 1. The molecule has 36 heavy (non-hydrogen) atoms. The summed E-state index contributed by atoms with van der Waals surface area (Å²) in [6.45, 7) is 3.16. The van der Waals surface area contributed by atoms with E-state index in [9.17, 15) is 22.2 Å². The number of nitrogens with zero attached hydrogens (tertiary/aromatic N) is 4. The quantitative estimate of drug-likeness (QED) is 0.461. The molecule has 0 aliphatic heterocycles. The van der Waals surface area contributed by atoms with Gasteiger partial charge in [0.1, 0.15) is 5.56 Å². The molecule has 4 rings (SSSR count). The summed E-state index contributed by atoms with van der Waals surface area (Å²) in [5.74, 6) is -1.50. The summed E-state index contributed by atoms with van der Waals surface area (Å²) < 4.78 is 65.8. The molecule has 2 N–H and O–H groups in total. The number of halogens is 3. The first-order valence-electron chi connectivity index (χ1n) is 10.9. The second-order valence-corrected chi connectivity index (χ2v) is 11.1. The molecule has 1 saturated carbocycles. The second-order valence-electron chi connectivity index (χ2n) is 8.95. The van der Waals surface area contributed by atoms with Gasteiger partial charge in [-0.3, -0.25) is 4.79 Å². The van der Waals surface area contributed by atoms with Gasteiger partial charge in [0, 0.05) is 28.3 Å². The normalized spacial score (nSPS) is 16.5. The largest absolute Gasteiger partial charge is 0.435 e. The standard InChI is InChI=1S/C23H23F3N6O3S/c1-13-18(20(33)28-14-6-4-7-15(12-14)36(3,27)34)21(32-31-19(13)23(24,25)26)35-17-9-8-16(29-30-17)22(2)10-5-11-22/h4,6-9,12,27H,5,10-11H2,1-3H3,(H,28,33). The van der Waals surface area contributed by atoms with Crippen LogP contribution in [0.1, 0.15) is 53.5 Å². The van der Waals surface area contributed by atoms with Crippen molar-refractivity contribution < 1.29 is 26.9 Å². The van der Waals surface area contributed by atoms with Crippen molar-refractivity contribution in [3.63, 3.8) is 0 Å². The van der Waals surface area contributed by atoms with Crippen LogP contribution >= 0.6 is 0 Å². The highest BCUT2D eigenvalue weighted by atomic mass is 32.2. The number of hydrogen-bond acceptors (Lipinski definition) is 8. The first-order valence-corrected chi connectivity index (χ1v) is 12.9. The minimum absolute atomic E-state index is 0.0638. The Hall–Kier alpha value is -3.61. The lowest BCUT2D eigenvalue weighted by Crippen LogP contribution is -2.31. The number of amides is 1. The predicted octanol–water partition coefficient (Wildman–Crippen LogP) is 5.12. The van der Waals surface area contributed by atoms with Gasteiger partial charge in [-0.25, -0.2) is 8.99 Å². The summed E-state index contributed by atoms with van der Waals surface area (Å²) in [4.78, 5) is 13.3. The lowest BCUT2D eigenvalue weighted by atomic mass is 9.68. The fourth-order valence-corrected chi connectivity index (χ4v) is 4.57. The zero-order chi connectivity index (χ0) is 26.3. The van der Waals surface area contributed by atoms with Crippen molar-refractivity contribution in [3.05, 3.63) is 58.9 Å². The fraction of sp³-hybridized carbons (Fsp3) is 0.348. The third-order valence-corrected chi connectivity index (χ3v) is 7.29. The van der Waals surface area contributed by atoms with Gasteiger partial charge < -0.3 is 10.1 Å². The van der Waals surface area contributed by atoms with Gasteiger partial charge in [-0.1, -0.05) is 19.4 Å². The van der Waals surface area contributed by atoms with Crippen LogP contribution in [-0.2, 0) is 21.3 Å². The highest BCUT2D eigenvalue weighted by Crippen LogP contribution is 2.42. The summed E-state index contributed by atoms with van der Waals surface area (Å²) in [6, 6.07) is 8.92. The van der Waals surface area contributed by atoms with Crippen LogP contribution in [0.5, 0.6) is 11.8 Å². The molecule has 2 aromatic heterocycles. The maximum atomic E-state index is 13.5. The Kier molecular flexibility index (Phi) is 6.45. The molecule has 0 spiro atoms. The molecular weight excluding hydrogens is 497 g/mol. The topological polar surface area (TPSA) is 131 Å². The van der Waals surface area contributed by atoms with Gasteiger partial charge in [0.25, 0.3) is 11.8 Å². The molecule has 190 valence electrons. The number of aromatic nitrogens is 4. The Labute approximate surface area is 205 Å². The molecule has 1 unspecified atom stereocenters. The van der Waals surface area contributed by atoms with Crippen LogP contribution < -0.4 is 10.1 Å². The van der Waals surface area contributed by atoms with Crippen LogP contribution in [0.25, 0.3) is 0 Å². The predicted molar refractivity (Wildman–Crippen MR) is 125 cm³/mol. The first kappa shape index (κ1) is 25.5. The lowest BCUT2D eigenvalue weighted by molar-refractivity contribution is -0.142. The van der Waals surface area contributed by atoms with E-state index in [4.69, 9.17) is 9.52 Å². The molecule has 9 nitrogen and oxygen atoms in total. The highest BCUT2D eigenvalue weighted by molar-refractivity contribution is 7.91. The molecule has 1 fully saturated rings. The van der Waals surface area contributed by atoms with Crippen LogP contribution in [0.15, 0.2) is 41.3 Å². The van der Waals surface area contributed by atoms with E-state index in [2.05, 4.69) is 32.6 Å². The van der Waals surface area contributed by atoms with Crippen molar-refractivity contribution >= 4 is 21.3 Å². The van der Waals surface area contributed by atoms with Crippen molar-refractivity contribution in [3.8, 4) is 11.8 Å². The number of benzene rings is 1. The summed E-state index contributed by atoms with van der Waals surface area (Å²) in [7, 11) is -3.08. The number of rotatable bonds is 6. The van der Waals surface area contributed by atoms with Crippen molar-refractivity contribution in [2.24, 2.45) is 0 Å². The van der Waals surface area contributed by atoms with Crippen molar-refractivity contribution in [1.29, 1.82) is 4.78 Å². The van der Waals surface area contributed by atoms with Crippen LogP contribution in [0.2, 0.25) is 0 Å². The number of carbonyl (C=O) groups is 1. The lowest BCUT2D eigenvalue weighted by Gasteiger charge is -2.37. The molecule has 3 aromatic rings. The van der Waals surface area contributed by atoms with E-state index in [-0.39, 0.29) is 21.9 Å². The second kappa shape index (κ2) is 9.12. The van der Waals surface area contributed by atoms with Crippen LogP contribution in [0.3, 0.4) is 0 Å². The number of alkyl halides is 3. The average molecular weight is 521 g/mol. The number of nitrogens with one attached hydrogen (secondary N) is 2. The maximum absolute atomic E-state index is 13.5. The van der Waals surface area contributed by atoms with E-state index in [1.165, 1.54) is 36.6 Å². The van der Waals surface area contributed by atoms with E-state index >= 15 is 0 Å². The summed E-state index contributed by atoms with van der Waals surface area (Å²) in [6.07, 6.45) is -0.600. The summed E-state index contributed by atoms with van der Waals surface area (Å²) >= 11 is 0. The third-order valence-electron chi connectivity index (χ3n) is 6.14. The Morgan fingerprint density at radius 2 is 1.86 bits per heavy atom. The smallest absolute Gasteiger partial charge is 0.417 e. The maximum Gasteiger partial charge on any atom is 0.435 e. The van der Waals surface area contributed by atoms with E-state index in [0.717, 1.165) is 31.9 Å². The van der Waals surface area contributed by atoms with Crippen molar-refractivity contribution in [1.82, 2.24) is 20.4 Å². The molecule has 0 radical (unpaired) electrons. The van der Waals surface area contributed by atoms with Gasteiger partial charge >= 0.3 is 6.18 Å². The molecular formula is C23H23F3N6O3S. The first-order chi connectivity index (χ1) is 16.8. The van der Waals surface area contributed by atoms with Gasteiger partial charge in [-0.15, -0.1) is 15.3 Å². The summed E-state index contributed by atoms with van der Waals surface area (Å²) in [5.41, 5.74) is -1.49. The Morgan fingerprint density at radius 1 is 1.14 bits per heavy atom. The Morgan fingerprint density at radius 3 is 2.42 bits per heavy atom. The van der Waals surface area contributed by atoms with Crippen LogP contribution in [0, 0.1) is 11.7 Å². The minimum Gasteiger partial charge on any atom is -0.417 e. The van der Waals surface area contributed by atoms with Gasteiger partial charge in [0.2, 0.25) is 5.88 Å². The number of hydrogen-bond donors (Lipinski definition) is 2. The molecule has 1 aliphatic rings. The van der Waals surface area contributed by atoms with Gasteiger partial charge in [0.15, 0.2) is 5.69 Å². The zero-order valence-corrected chi connectivity index (χ0v) is 20.5. The Balaban J connectivity index is 1.69. The molecule has 0 bridgehead atoms. The van der Waals surface area contributed by atoms with Gasteiger partial charge in [-0.2, -0.15) is 18.3 Å². The monoisotopic (exact) mass is 520 g/mol. The highest BCUT2D eigenvalue weighted by Gasteiger charge is 2.38. The van der Waals surface area contributed by atoms with Gasteiger partial charge in [-0.05, 0) is 49.6 Å². The van der Waals surface area contributed by atoms with Gasteiger partial charge in [0.05, 0.1) is 15.4 Å². The van der Waals surface area contributed by atoms with Crippen molar-refractivity contribution in [2.45, 2.75) is 49.6 Å². The SMILES string of the molecule is Cc1c(C(F)(F)F)nnc(Oc2ccc(C3(C)CCC3)nn2)c1C(=O)Nc1cccc(S(C)(=N)=O)c1. The van der Waals surface area contributed by atoms with E-state index in [1.54, 1.807) is 6.07 Å². The number of anilines is 1. The average Bonchev–Trinajstić information content (AvgIpc) is 2.77. The molecule has 1 amide bonds. The van der Waals surface area contributed by atoms with E-state index in [0.29, 0.717) is 0 Å². The molecule has 0 saturated heterocycles. The van der Waals surface area contributed by atoms with Crippen molar-refractivity contribution in [2.75, 3.05) is 11.6 Å². The molecule has 13 heteroatoms. The Bertz CT molecular complexity index is 1420. The summed E-state index contributed by atoms with van der Waals surface area (Å²) in [5, 5.41) is 17.4. The van der Waals surface area contributed by atoms with E-state index in [1.807, 2.05) is 0 Å². The van der Waals surface area contributed by atoms with Crippen LogP contribution in [0.4, 0.5) is 18.9 Å².